The van der Waals surface area contributed by atoms with E-state index in [4.69, 9.17) is 9.84 Å². The van der Waals surface area contributed by atoms with Crippen molar-refractivity contribution >= 4 is 6.09 Å². The van der Waals surface area contributed by atoms with E-state index in [0.29, 0.717) is 12.5 Å². The number of carbonyl (C=O) groups excluding carboxylic acids is 1. The highest BCUT2D eigenvalue weighted by Gasteiger charge is 2.24. The molecule has 2 rings (SSSR count). The van der Waals surface area contributed by atoms with Crippen LogP contribution in [0.5, 0.6) is 0 Å². The van der Waals surface area contributed by atoms with Gasteiger partial charge in [-0.1, -0.05) is 36.8 Å². The van der Waals surface area contributed by atoms with Crippen LogP contribution in [0.25, 0.3) is 0 Å². The number of hydrogen-bond acceptors (Lipinski definition) is 3. The molecule has 1 aliphatic heterocycles. The Kier molecular flexibility index (Phi) is 6.54. The van der Waals surface area contributed by atoms with E-state index in [1.54, 1.807) is 0 Å². The molecule has 116 valence electrons. The van der Waals surface area contributed by atoms with Gasteiger partial charge < -0.3 is 14.7 Å². The van der Waals surface area contributed by atoms with Crippen LogP contribution in [0.15, 0.2) is 30.3 Å². The monoisotopic (exact) mass is 291 g/mol. The first-order chi connectivity index (χ1) is 10.3. The summed E-state index contributed by atoms with van der Waals surface area (Å²) in [5, 5.41) is 8.83. The largest absolute Gasteiger partial charge is 0.445 e. The Bertz CT molecular complexity index is 421. The number of likely N-dealkylation sites (tertiary alicyclic amines) is 1. The molecule has 4 nitrogen and oxygen atoms in total. The third-order valence-electron chi connectivity index (χ3n) is 4.00. The molecular weight excluding hydrogens is 266 g/mol. The number of rotatable bonds is 6. The van der Waals surface area contributed by atoms with Crippen molar-refractivity contribution in [3.63, 3.8) is 0 Å². The zero-order valence-electron chi connectivity index (χ0n) is 12.5. The third kappa shape index (κ3) is 5.38. The van der Waals surface area contributed by atoms with E-state index in [0.717, 1.165) is 44.3 Å². The maximum atomic E-state index is 12.1. The number of carbonyl (C=O) groups is 1. The van der Waals surface area contributed by atoms with Crippen molar-refractivity contribution in [2.45, 2.75) is 38.7 Å². The predicted octanol–water partition coefficient (Wildman–Crippen LogP) is 3.20. The second-order valence-electron chi connectivity index (χ2n) is 5.71. The van der Waals surface area contributed by atoms with Gasteiger partial charge in [0.25, 0.3) is 0 Å². The molecule has 1 amide bonds. The minimum absolute atomic E-state index is 0.203. The first-order valence-corrected chi connectivity index (χ1v) is 7.86. The number of amides is 1. The van der Waals surface area contributed by atoms with E-state index in [2.05, 4.69) is 0 Å². The molecular formula is C17H25NO3. The lowest BCUT2D eigenvalue weighted by Crippen LogP contribution is -2.40. The van der Waals surface area contributed by atoms with Gasteiger partial charge in [-0.05, 0) is 37.2 Å². The maximum Gasteiger partial charge on any atom is 0.410 e. The lowest BCUT2D eigenvalue weighted by Gasteiger charge is -2.32. The Labute approximate surface area is 126 Å². The first kappa shape index (κ1) is 15.8. The molecule has 1 saturated heterocycles. The van der Waals surface area contributed by atoms with E-state index in [1.807, 2.05) is 35.2 Å². The fourth-order valence-corrected chi connectivity index (χ4v) is 2.82. The maximum absolute atomic E-state index is 12.1. The topological polar surface area (TPSA) is 49.8 Å². The van der Waals surface area contributed by atoms with E-state index in [1.165, 1.54) is 6.42 Å². The molecule has 1 unspecified atom stereocenters. The summed E-state index contributed by atoms with van der Waals surface area (Å²) in [6.07, 6.45) is 5.00. The molecule has 0 saturated carbocycles. The van der Waals surface area contributed by atoms with Crippen LogP contribution < -0.4 is 0 Å². The number of hydrogen-bond donors (Lipinski definition) is 1. The molecule has 1 heterocycles. The van der Waals surface area contributed by atoms with Gasteiger partial charge >= 0.3 is 6.09 Å². The van der Waals surface area contributed by atoms with E-state index >= 15 is 0 Å². The van der Waals surface area contributed by atoms with Gasteiger partial charge in [0.15, 0.2) is 0 Å². The highest BCUT2D eigenvalue weighted by molar-refractivity contribution is 5.67. The Morgan fingerprint density at radius 1 is 1.29 bits per heavy atom. The molecule has 1 aromatic rings. The van der Waals surface area contributed by atoms with Crippen molar-refractivity contribution in [3.8, 4) is 0 Å². The Morgan fingerprint density at radius 3 is 2.86 bits per heavy atom. The molecule has 0 aliphatic carbocycles. The van der Waals surface area contributed by atoms with E-state index < -0.39 is 0 Å². The first-order valence-electron chi connectivity index (χ1n) is 7.86. The average molecular weight is 291 g/mol. The number of aliphatic hydroxyl groups is 1. The van der Waals surface area contributed by atoms with Crippen LogP contribution in [0.1, 0.15) is 37.7 Å². The van der Waals surface area contributed by atoms with Gasteiger partial charge in [0, 0.05) is 19.7 Å². The Morgan fingerprint density at radius 2 is 2.10 bits per heavy atom. The summed E-state index contributed by atoms with van der Waals surface area (Å²) in [4.78, 5) is 13.9. The highest BCUT2D eigenvalue weighted by atomic mass is 16.6. The zero-order chi connectivity index (χ0) is 14.9. The third-order valence-corrected chi connectivity index (χ3v) is 4.00. The molecule has 21 heavy (non-hydrogen) atoms. The zero-order valence-corrected chi connectivity index (χ0v) is 12.5. The van der Waals surface area contributed by atoms with Crippen molar-refractivity contribution in [1.29, 1.82) is 0 Å². The minimum atomic E-state index is -0.203. The molecule has 0 spiro atoms. The summed E-state index contributed by atoms with van der Waals surface area (Å²) in [5.41, 5.74) is 1.02. The molecule has 1 N–H and O–H groups in total. The van der Waals surface area contributed by atoms with Crippen LogP contribution in [-0.2, 0) is 11.3 Å². The van der Waals surface area contributed by atoms with Crippen LogP contribution >= 0.6 is 0 Å². The second kappa shape index (κ2) is 8.67. The molecule has 1 aliphatic rings. The smallest absolute Gasteiger partial charge is 0.410 e. The molecule has 0 radical (unpaired) electrons. The van der Waals surface area contributed by atoms with Gasteiger partial charge in [-0.25, -0.2) is 4.79 Å². The molecule has 0 bridgehead atoms. The molecule has 1 atom stereocenters. The predicted molar refractivity (Wildman–Crippen MR) is 81.9 cm³/mol. The lowest BCUT2D eigenvalue weighted by atomic mass is 9.93. The number of ether oxygens (including phenoxy) is 1. The van der Waals surface area contributed by atoms with Gasteiger partial charge in [-0.2, -0.15) is 0 Å². The lowest BCUT2D eigenvalue weighted by molar-refractivity contribution is 0.0774. The Balaban J connectivity index is 1.74. The van der Waals surface area contributed by atoms with Gasteiger partial charge in [-0.15, -0.1) is 0 Å². The number of unbranched alkanes of at least 4 members (excludes halogenated alkanes) is 1. The van der Waals surface area contributed by atoms with Crippen LogP contribution in [-0.4, -0.2) is 35.8 Å². The van der Waals surface area contributed by atoms with Crippen molar-refractivity contribution in [2.24, 2.45) is 5.92 Å². The summed E-state index contributed by atoms with van der Waals surface area (Å²) >= 11 is 0. The van der Waals surface area contributed by atoms with E-state index in [-0.39, 0.29) is 12.7 Å². The standard InChI is InChI=1S/C17H25NO3/c19-12-5-4-7-15-10-6-11-18(13-15)17(20)21-14-16-8-2-1-3-9-16/h1-3,8-9,15,19H,4-7,10-14H2. The number of benzene rings is 1. The quantitative estimate of drug-likeness (QED) is 0.819. The number of nitrogens with zero attached hydrogens (tertiary/aromatic N) is 1. The van der Waals surface area contributed by atoms with Crippen molar-refractivity contribution in [3.05, 3.63) is 35.9 Å². The average Bonchev–Trinajstić information content (AvgIpc) is 2.54. The van der Waals surface area contributed by atoms with Crippen LogP contribution in [0.4, 0.5) is 4.79 Å². The number of piperidine rings is 1. The fourth-order valence-electron chi connectivity index (χ4n) is 2.82. The highest BCUT2D eigenvalue weighted by Crippen LogP contribution is 2.22. The van der Waals surface area contributed by atoms with E-state index in [9.17, 15) is 4.79 Å². The molecule has 4 heteroatoms. The molecule has 1 fully saturated rings. The van der Waals surface area contributed by atoms with Gasteiger partial charge in [-0.3, -0.25) is 0 Å². The fraction of sp³-hybridized carbons (Fsp3) is 0.588. The Hall–Kier alpha value is -1.55. The van der Waals surface area contributed by atoms with Gasteiger partial charge in [0.1, 0.15) is 6.61 Å². The SMILES string of the molecule is O=C(OCc1ccccc1)N1CCCC(CCCCO)C1. The van der Waals surface area contributed by atoms with Crippen LogP contribution in [0.2, 0.25) is 0 Å². The molecule has 1 aromatic carbocycles. The van der Waals surface area contributed by atoms with Crippen molar-refractivity contribution in [1.82, 2.24) is 4.90 Å². The normalized spacial score (nSPS) is 18.5. The number of aliphatic hydroxyl groups excluding tert-OH is 1. The van der Waals surface area contributed by atoms with Crippen LogP contribution in [0, 0.1) is 5.92 Å². The summed E-state index contributed by atoms with van der Waals surface area (Å²) in [6, 6.07) is 9.76. The minimum Gasteiger partial charge on any atom is -0.445 e. The summed E-state index contributed by atoms with van der Waals surface area (Å²) in [7, 11) is 0. The molecule has 0 aromatic heterocycles. The van der Waals surface area contributed by atoms with Crippen LogP contribution in [0.3, 0.4) is 0 Å². The summed E-state index contributed by atoms with van der Waals surface area (Å²) < 4.78 is 5.39. The van der Waals surface area contributed by atoms with Crippen molar-refractivity contribution < 1.29 is 14.6 Å². The van der Waals surface area contributed by atoms with Crippen molar-refractivity contribution in [2.75, 3.05) is 19.7 Å². The second-order valence-corrected chi connectivity index (χ2v) is 5.71. The summed E-state index contributed by atoms with van der Waals surface area (Å²) in [5.74, 6) is 0.551. The van der Waals surface area contributed by atoms with Gasteiger partial charge in [0.2, 0.25) is 0 Å². The van der Waals surface area contributed by atoms with Gasteiger partial charge in [0.05, 0.1) is 0 Å². The summed E-state index contributed by atoms with van der Waals surface area (Å²) in [6.45, 7) is 2.18.